The van der Waals surface area contributed by atoms with Gasteiger partial charge in [0.05, 0.1) is 12.1 Å². The maximum absolute atomic E-state index is 13.7. The van der Waals surface area contributed by atoms with E-state index in [1.807, 2.05) is 11.0 Å². The van der Waals surface area contributed by atoms with Crippen LogP contribution in [0.1, 0.15) is 81.9 Å². The first-order valence-corrected chi connectivity index (χ1v) is 12.7. The van der Waals surface area contributed by atoms with E-state index in [0.717, 1.165) is 51.4 Å². The van der Waals surface area contributed by atoms with E-state index in [9.17, 15) is 14.4 Å². The molecule has 0 bridgehead atoms. The number of benzene rings is 1. The third-order valence-corrected chi connectivity index (χ3v) is 7.72. The van der Waals surface area contributed by atoms with Crippen molar-refractivity contribution in [1.29, 1.82) is 0 Å². The molecule has 0 saturated carbocycles. The maximum atomic E-state index is 13.7. The number of rotatable bonds is 5. The van der Waals surface area contributed by atoms with Crippen LogP contribution < -0.4 is 16.0 Å². The van der Waals surface area contributed by atoms with Crippen LogP contribution in [0.2, 0.25) is 0 Å². The van der Waals surface area contributed by atoms with Crippen LogP contribution in [0.3, 0.4) is 0 Å². The number of aryl methyl sites for hydroxylation is 1. The van der Waals surface area contributed by atoms with Crippen LogP contribution in [-0.2, 0) is 20.8 Å². The number of amides is 3. The van der Waals surface area contributed by atoms with E-state index in [1.54, 1.807) is 14.0 Å². The van der Waals surface area contributed by atoms with E-state index in [2.05, 4.69) is 34.1 Å². The highest BCUT2D eigenvalue weighted by Gasteiger charge is 2.44. The van der Waals surface area contributed by atoms with Gasteiger partial charge >= 0.3 is 0 Å². The SMILES string of the molecule is CN[C@@H](C)C(=O)N[C@H]1CCCCC[C@H]2CC[C@@H](C(=O)N[C@@H]3CCCc4ccccc43)N2C1=O. The van der Waals surface area contributed by atoms with E-state index in [0.29, 0.717) is 12.8 Å². The quantitative estimate of drug-likeness (QED) is 0.638. The Kier molecular flexibility index (Phi) is 7.68. The normalized spacial score (nSPS) is 28.5. The molecule has 7 nitrogen and oxygen atoms in total. The molecule has 0 aromatic heterocycles. The van der Waals surface area contributed by atoms with E-state index in [1.165, 1.54) is 11.1 Å². The molecular formula is C26H38N4O3. The van der Waals surface area contributed by atoms with Crippen LogP contribution in [0.25, 0.3) is 0 Å². The summed E-state index contributed by atoms with van der Waals surface area (Å²) < 4.78 is 0. The molecule has 3 amide bonds. The number of carbonyl (C=O) groups excluding carboxylic acids is 3. The van der Waals surface area contributed by atoms with Gasteiger partial charge in [0.25, 0.3) is 0 Å². The molecule has 3 N–H and O–H groups in total. The molecule has 33 heavy (non-hydrogen) atoms. The largest absolute Gasteiger partial charge is 0.347 e. The van der Waals surface area contributed by atoms with Crippen molar-refractivity contribution in [2.24, 2.45) is 0 Å². The highest BCUT2D eigenvalue weighted by atomic mass is 16.2. The van der Waals surface area contributed by atoms with E-state index >= 15 is 0 Å². The molecule has 0 spiro atoms. The second-order valence-electron chi connectivity index (χ2n) is 9.85. The van der Waals surface area contributed by atoms with Gasteiger partial charge in [-0.05, 0) is 70.0 Å². The van der Waals surface area contributed by atoms with Crippen molar-refractivity contribution in [3.63, 3.8) is 0 Å². The van der Waals surface area contributed by atoms with Gasteiger partial charge in [-0.3, -0.25) is 14.4 Å². The Balaban J connectivity index is 1.51. The van der Waals surface area contributed by atoms with Crippen LogP contribution in [-0.4, -0.2) is 53.8 Å². The summed E-state index contributed by atoms with van der Waals surface area (Å²) in [5.74, 6) is -0.327. The number of likely N-dealkylation sites (N-methyl/N-ethyl adjacent to an activating group) is 1. The number of fused-ring (bicyclic) bond motifs is 2. The van der Waals surface area contributed by atoms with Crippen molar-refractivity contribution in [2.75, 3.05) is 7.05 Å². The second kappa shape index (κ2) is 10.7. The van der Waals surface area contributed by atoms with Crippen molar-refractivity contribution < 1.29 is 14.4 Å². The second-order valence-corrected chi connectivity index (χ2v) is 9.85. The van der Waals surface area contributed by atoms with Gasteiger partial charge in [-0.1, -0.05) is 43.5 Å². The first-order valence-electron chi connectivity index (χ1n) is 12.7. The zero-order valence-corrected chi connectivity index (χ0v) is 19.9. The molecule has 3 aliphatic rings. The Bertz CT molecular complexity index is 873. The Morgan fingerprint density at radius 1 is 0.939 bits per heavy atom. The van der Waals surface area contributed by atoms with Crippen LogP contribution >= 0.6 is 0 Å². The first-order chi connectivity index (χ1) is 16.0. The van der Waals surface area contributed by atoms with Gasteiger partial charge in [0.1, 0.15) is 12.1 Å². The predicted octanol–water partition coefficient (Wildman–Crippen LogP) is 2.60. The van der Waals surface area contributed by atoms with E-state index in [4.69, 9.17) is 0 Å². The maximum Gasteiger partial charge on any atom is 0.246 e. The Morgan fingerprint density at radius 3 is 2.52 bits per heavy atom. The number of hydrogen-bond donors (Lipinski definition) is 3. The number of hydrogen-bond acceptors (Lipinski definition) is 4. The highest BCUT2D eigenvalue weighted by molar-refractivity contribution is 5.93. The third kappa shape index (κ3) is 5.24. The van der Waals surface area contributed by atoms with Crippen molar-refractivity contribution in [1.82, 2.24) is 20.9 Å². The van der Waals surface area contributed by atoms with E-state index < -0.39 is 12.1 Å². The molecule has 2 fully saturated rings. The fourth-order valence-corrected chi connectivity index (χ4v) is 5.70. The van der Waals surface area contributed by atoms with Crippen molar-refractivity contribution in [3.8, 4) is 0 Å². The minimum absolute atomic E-state index is 0.00103. The Labute approximate surface area is 197 Å². The lowest BCUT2D eigenvalue weighted by Gasteiger charge is -2.34. The number of nitrogens with zero attached hydrogens (tertiary/aromatic N) is 1. The minimum Gasteiger partial charge on any atom is -0.347 e. The monoisotopic (exact) mass is 454 g/mol. The van der Waals surface area contributed by atoms with Crippen molar-refractivity contribution in [2.45, 2.75) is 101 Å². The van der Waals surface area contributed by atoms with Gasteiger partial charge in [0, 0.05) is 6.04 Å². The minimum atomic E-state index is -0.572. The highest BCUT2D eigenvalue weighted by Crippen LogP contribution is 2.33. The first kappa shape index (κ1) is 23.7. The summed E-state index contributed by atoms with van der Waals surface area (Å²) in [5, 5.41) is 9.17. The third-order valence-electron chi connectivity index (χ3n) is 7.72. The molecule has 2 heterocycles. The average molecular weight is 455 g/mol. The summed E-state index contributed by atoms with van der Waals surface area (Å²) in [6.07, 6.45) is 9.09. The smallest absolute Gasteiger partial charge is 0.246 e. The van der Waals surface area contributed by atoms with Crippen molar-refractivity contribution in [3.05, 3.63) is 35.4 Å². The summed E-state index contributed by atoms with van der Waals surface area (Å²) in [7, 11) is 1.73. The van der Waals surface area contributed by atoms with Gasteiger partial charge in [0.2, 0.25) is 17.7 Å². The fraction of sp³-hybridized carbons (Fsp3) is 0.654. The summed E-state index contributed by atoms with van der Waals surface area (Å²) in [4.78, 5) is 41.5. The topological polar surface area (TPSA) is 90.5 Å². The molecule has 5 atom stereocenters. The van der Waals surface area contributed by atoms with Gasteiger partial charge in [-0.2, -0.15) is 0 Å². The molecule has 1 aromatic carbocycles. The molecule has 2 aliphatic heterocycles. The zero-order valence-electron chi connectivity index (χ0n) is 19.9. The fourth-order valence-electron chi connectivity index (χ4n) is 5.70. The lowest BCUT2D eigenvalue weighted by molar-refractivity contribution is -0.143. The van der Waals surface area contributed by atoms with E-state index in [-0.39, 0.29) is 35.8 Å². The lowest BCUT2D eigenvalue weighted by Crippen LogP contribution is -2.57. The Morgan fingerprint density at radius 2 is 1.70 bits per heavy atom. The van der Waals surface area contributed by atoms with Gasteiger partial charge in [-0.25, -0.2) is 0 Å². The van der Waals surface area contributed by atoms with Crippen molar-refractivity contribution >= 4 is 17.7 Å². The molecule has 0 unspecified atom stereocenters. The van der Waals surface area contributed by atoms with Crippen LogP contribution in [0.15, 0.2) is 24.3 Å². The summed E-state index contributed by atoms with van der Waals surface area (Å²) in [6.45, 7) is 1.78. The van der Waals surface area contributed by atoms with Gasteiger partial charge < -0.3 is 20.9 Å². The zero-order chi connectivity index (χ0) is 23.4. The lowest BCUT2D eigenvalue weighted by atomic mass is 9.87. The molecule has 0 radical (unpaired) electrons. The number of nitrogens with one attached hydrogen (secondary N) is 3. The van der Waals surface area contributed by atoms with Crippen LogP contribution in [0.5, 0.6) is 0 Å². The molecule has 4 rings (SSSR count). The predicted molar refractivity (Wildman–Crippen MR) is 127 cm³/mol. The Hall–Kier alpha value is -2.41. The van der Waals surface area contributed by atoms with Gasteiger partial charge in [-0.15, -0.1) is 0 Å². The van der Waals surface area contributed by atoms with Crippen LogP contribution in [0, 0.1) is 0 Å². The summed E-state index contributed by atoms with van der Waals surface area (Å²) in [5.41, 5.74) is 2.51. The standard InChI is InChI=1S/C26H38N4O3/c1-17(27-2)24(31)29-22-13-5-3-4-11-19-15-16-23(30(19)26(22)33)25(32)28-21-14-8-10-18-9-6-7-12-20(18)21/h6-7,9,12,17,19,21-23,27H,3-5,8,10-11,13-16H2,1-2H3,(H,28,32)(H,29,31)/t17-,19-,21+,22-,23-/m0/s1. The van der Waals surface area contributed by atoms with Crippen LogP contribution in [0.4, 0.5) is 0 Å². The molecular weight excluding hydrogens is 416 g/mol. The molecule has 1 aromatic rings. The summed E-state index contributed by atoms with van der Waals surface area (Å²) in [6, 6.07) is 7.00. The molecule has 2 saturated heterocycles. The van der Waals surface area contributed by atoms with Gasteiger partial charge in [0.15, 0.2) is 0 Å². The molecule has 180 valence electrons. The number of carbonyl (C=O) groups is 3. The molecule has 7 heteroatoms. The molecule has 1 aliphatic carbocycles. The summed E-state index contributed by atoms with van der Waals surface area (Å²) >= 11 is 0. The average Bonchev–Trinajstić information content (AvgIpc) is 3.27.